The molecular weight excluding hydrogens is 997 g/mol. The van der Waals surface area contributed by atoms with Gasteiger partial charge < -0.3 is 14.2 Å². The summed E-state index contributed by atoms with van der Waals surface area (Å²) in [5.41, 5.74) is 0. The number of unbranched alkanes of at least 4 members (excludes halogenated alkanes) is 57. The summed E-state index contributed by atoms with van der Waals surface area (Å²) >= 11 is 0. The predicted molar refractivity (Wildman–Crippen MR) is 353 cm³/mol. The molecule has 0 bridgehead atoms. The van der Waals surface area contributed by atoms with Crippen molar-refractivity contribution in [1.29, 1.82) is 0 Å². The Hall–Kier alpha value is -1.85. The van der Waals surface area contributed by atoms with Gasteiger partial charge in [-0.2, -0.15) is 0 Å². The molecule has 0 radical (unpaired) electrons. The number of carbonyl (C=O) groups is 3. The Bertz CT molecular complexity index is 1260. The van der Waals surface area contributed by atoms with E-state index in [0.717, 1.165) is 57.8 Å². The topological polar surface area (TPSA) is 78.9 Å². The van der Waals surface area contributed by atoms with Gasteiger partial charge in [-0.25, -0.2) is 0 Å². The van der Waals surface area contributed by atoms with Crippen molar-refractivity contribution in [3.8, 4) is 0 Å². The van der Waals surface area contributed by atoms with E-state index in [9.17, 15) is 14.4 Å². The van der Waals surface area contributed by atoms with Crippen LogP contribution in [0.25, 0.3) is 0 Å². The van der Waals surface area contributed by atoms with Crippen molar-refractivity contribution in [2.45, 2.75) is 438 Å². The van der Waals surface area contributed by atoms with Crippen LogP contribution in [0.3, 0.4) is 0 Å². The van der Waals surface area contributed by atoms with E-state index in [4.69, 9.17) is 14.2 Å². The molecule has 0 saturated heterocycles. The Labute approximate surface area is 507 Å². The van der Waals surface area contributed by atoms with Crippen molar-refractivity contribution in [3.63, 3.8) is 0 Å². The SMILES string of the molecule is CCCCCCCCCC/C=C\CCCCCCCCCCCCCC(=O)OC(COC(=O)CCCCCCCCC)COC(=O)CCCCCCCCCCCCCCCCCCCCCCCCCCCCCCCCCCC. The summed E-state index contributed by atoms with van der Waals surface area (Å²) in [6.45, 7) is 6.68. The number of carbonyl (C=O) groups excluding carboxylic acids is 3. The highest BCUT2D eigenvalue weighted by molar-refractivity contribution is 5.71. The molecule has 6 heteroatoms. The maximum Gasteiger partial charge on any atom is 0.306 e. The molecule has 0 spiro atoms. The molecule has 1 atom stereocenters. The predicted octanol–water partition coefficient (Wildman–Crippen LogP) is 25.6. The molecule has 0 aromatic rings. The number of rotatable bonds is 70. The van der Waals surface area contributed by atoms with E-state index in [0.29, 0.717) is 19.3 Å². The maximum absolute atomic E-state index is 12.9. The first-order valence-corrected chi connectivity index (χ1v) is 37.2. The monoisotopic (exact) mass is 1140 g/mol. The third-order valence-electron chi connectivity index (χ3n) is 17.3. The minimum absolute atomic E-state index is 0.0641. The minimum atomic E-state index is -0.765. The van der Waals surface area contributed by atoms with Gasteiger partial charge >= 0.3 is 17.9 Å². The van der Waals surface area contributed by atoms with E-state index in [-0.39, 0.29) is 31.1 Å². The first kappa shape index (κ1) is 79.2. The lowest BCUT2D eigenvalue weighted by Crippen LogP contribution is -2.30. The van der Waals surface area contributed by atoms with Crippen LogP contribution in [0.5, 0.6) is 0 Å². The number of hydrogen-bond donors (Lipinski definition) is 0. The number of esters is 3. The summed E-state index contributed by atoms with van der Waals surface area (Å²) < 4.78 is 16.9. The molecule has 0 heterocycles. The second-order valence-electron chi connectivity index (χ2n) is 25.6. The summed E-state index contributed by atoms with van der Waals surface area (Å²) in [6.07, 6.45) is 85.9. The normalized spacial score (nSPS) is 12.0. The van der Waals surface area contributed by atoms with E-state index >= 15 is 0 Å². The van der Waals surface area contributed by atoms with E-state index < -0.39 is 6.10 Å². The van der Waals surface area contributed by atoms with Gasteiger partial charge in [0.25, 0.3) is 0 Å². The zero-order valence-corrected chi connectivity index (χ0v) is 55.4. The summed E-state index contributed by atoms with van der Waals surface area (Å²) in [5, 5.41) is 0. The molecule has 0 aromatic heterocycles. The fraction of sp³-hybridized carbons (Fsp3) is 0.933. The van der Waals surface area contributed by atoms with Crippen molar-refractivity contribution < 1.29 is 28.6 Å². The van der Waals surface area contributed by atoms with Gasteiger partial charge in [-0.05, 0) is 44.9 Å². The van der Waals surface area contributed by atoms with Crippen LogP contribution < -0.4 is 0 Å². The second kappa shape index (κ2) is 70.6. The average molecular weight is 1140 g/mol. The molecule has 6 nitrogen and oxygen atoms in total. The van der Waals surface area contributed by atoms with Crippen LogP contribution in [0.2, 0.25) is 0 Å². The van der Waals surface area contributed by atoms with Crippen molar-refractivity contribution in [2.24, 2.45) is 0 Å². The van der Waals surface area contributed by atoms with Crippen molar-refractivity contribution in [2.75, 3.05) is 13.2 Å². The van der Waals surface area contributed by atoms with E-state index in [1.54, 1.807) is 0 Å². The third kappa shape index (κ3) is 68.8. The van der Waals surface area contributed by atoms with E-state index in [1.165, 1.54) is 334 Å². The van der Waals surface area contributed by atoms with Gasteiger partial charge in [0.05, 0.1) is 0 Å². The quantitative estimate of drug-likeness (QED) is 0.0261. The van der Waals surface area contributed by atoms with E-state index in [1.807, 2.05) is 0 Å². The Morgan fingerprint density at radius 1 is 0.235 bits per heavy atom. The Balaban J connectivity index is 3.94. The highest BCUT2D eigenvalue weighted by Gasteiger charge is 2.20. The first-order valence-electron chi connectivity index (χ1n) is 37.2. The fourth-order valence-electron chi connectivity index (χ4n) is 11.7. The highest BCUT2D eigenvalue weighted by Crippen LogP contribution is 2.20. The summed E-state index contributed by atoms with van der Waals surface area (Å²) in [5.74, 6) is -0.840. The number of ether oxygens (including phenoxy) is 3. The lowest BCUT2D eigenvalue weighted by molar-refractivity contribution is -0.167. The summed E-state index contributed by atoms with van der Waals surface area (Å²) in [7, 11) is 0. The molecular formula is C75H144O6. The lowest BCUT2D eigenvalue weighted by atomic mass is 10.0. The van der Waals surface area contributed by atoms with Gasteiger partial charge in [0.1, 0.15) is 13.2 Å². The molecule has 0 aliphatic rings. The Kier molecular flexibility index (Phi) is 69.0. The average Bonchev–Trinajstić information content (AvgIpc) is 3.46. The van der Waals surface area contributed by atoms with Crippen LogP contribution in [-0.2, 0) is 28.6 Å². The zero-order chi connectivity index (χ0) is 58.5. The summed E-state index contributed by atoms with van der Waals surface area (Å²) in [4.78, 5) is 38.2. The second-order valence-corrected chi connectivity index (χ2v) is 25.6. The number of hydrogen-bond acceptors (Lipinski definition) is 6. The Morgan fingerprint density at radius 3 is 0.617 bits per heavy atom. The van der Waals surface area contributed by atoms with Gasteiger partial charge in [0, 0.05) is 19.3 Å². The lowest BCUT2D eigenvalue weighted by Gasteiger charge is -2.18. The van der Waals surface area contributed by atoms with Gasteiger partial charge in [0.2, 0.25) is 0 Å². The van der Waals surface area contributed by atoms with Crippen LogP contribution in [0.15, 0.2) is 12.2 Å². The maximum atomic E-state index is 12.9. The molecule has 0 fully saturated rings. The first-order chi connectivity index (χ1) is 40.0. The largest absolute Gasteiger partial charge is 0.462 e. The van der Waals surface area contributed by atoms with Crippen LogP contribution in [0.1, 0.15) is 432 Å². The summed E-state index contributed by atoms with van der Waals surface area (Å²) in [6, 6.07) is 0. The molecule has 0 aromatic carbocycles. The van der Waals surface area contributed by atoms with Crippen LogP contribution in [0.4, 0.5) is 0 Å². The minimum Gasteiger partial charge on any atom is -0.462 e. The smallest absolute Gasteiger partial charge is 0.306 e. The van der Waals surface area contributed by atoms with Crippen molar-refractivity contribution in [3.05, 3.63) is 12.2 Å². The molecule has 81 heavy (non-hydrogen) atoms. The van der Waals surface area contributed by atoms with Gasteiger partial charge in [-0.3, -0.25) is 14.4 Å². The standard InChI is InChI=1S/C75H144O6/c1-4-7-10-13-16-18-20-22-24-26-28-30-32-33-34-35-36-37-38-39-40-41-43-44-46-48-50-52-54-56-59-62-65-68-74(77)80-71-72(70-79-73(76)67-64-61-58-15-12-9-6-3)81-75(78)69-66-63-60-57-55-53-51-49-47-45-42-31-29-27-25-23-21-19-17-14-11-8-5-2/h27,29,72H,4-26,28,30-71H2,1-3H3/b29-27-. The van der Waals surface area contributed by atoms with Gasteiger partial charge in [-0.15, -0.1) is 0 Å². The Morgan fingerprint density at radius 2 is 0.407 bits per heavy atom. The molecule has 1 unspecified atom stereocenters. The zero-order valence-electron chi connectivity index (χ0n) is 55.4. The molecule has 480 valence electrons. The van der Waals surface area contributed by atoms with Crippen molar-refractivity contribution >= 4 is 17.9 Å². The molecule has 0 aliphatic carbocycles. The number of allylic oxidation sites excluding steroid dienone is 2. The van der Waals surface area contributed by atoms with Crippen LogP contribution in [-0.4, -0.2) is 37.2 Å². The van der Waals surface area contributed by atoms with Gasteiger partial charge in [0.15, 0.2) is 6.10 Å². The highest BCUT2D eigenvalue weighted by atomic mass is 16.6. The van der Waals surface area contributed by atoms with Crippen LogP contribution in [0, 0.1) is 0 Å². The fourth-order valence-corrected chi connectivity index (χ4v) is 11.7. The third-order valence-corrected chi connectivity index (χ3v) is 17.3. The molecule has 0 rings (SSSR count). The van der Waals surface area contributed by atoms with Crippen molar-refractivity contribution in [1.82, 2.24) is 0 Å². The molecule has 0 aliphatic heterocycles. The molecule has 0 saturated carbocycles. The molecule has 0 amide bonds. The molecule has 0 N–H and O–H groups in total. The van der Waals surface area contributed by atoms with E-state index in [2.05, 4.69) is 32.9 Å². The van der Waals surface area contributed by atoms with Gasteiger partial charge in [-0.1, -0.05) is 380 Å². The van der Waals surface area contributed by atoms with Crippen LogP contribution >= 0.6 is 0 Å².